The maximum Gasteiger partial charge on any atom is 0.253 e. The minimum absolute atomic E-state index is 0.0653. The molecule has 5 rings (SSSR count). The minimum Gasteiger partial charge on any atom is -0.274 e. The molecule has 0 spiro atoms. The Morgan fingerprint density at radius 1 is 0.857 bits per heavy atom. The highest BCUT2D eigenvalue weighted by Crippen LogP contribution is 2.48. The number of carbonyl (C=O) groups is 2. The summed E-state index contributed by atoms with van der Waals surface area (Å²) in [6.45, 7) is 5.90. The second-order valence-corrected chi connectivity index (χ2v) is 8.04. The third-order valence-corrected chi connectivity index (χ3v) is 6.43. The van der Waals surface area contributed by atoms with Gasteiger partial charge >= 0.3 is 0 Å². The number of fused-ring (bicyclic) bond motifs is 3. The Morgan fingerprint density at radius 2 is 1.50 bits per heavy atom. The fourth-order valence-corrected chi connectivity index (χ4v) is 5.01. The molecule has 0 N–H and O–H groups in total. The summed E-state index contributed by atoms with van der Waals surface area (Å²) < 4.78 is 0. The summed E-state index contributed by atoms with van der Waals surface area (Å²) in [6, 6.07) is 15.8. The van der Waals surface area contributed by atoms with Crippen molar-refractivity contribution < 1.29 is 9.59 Å². The Bertz CT molecular complexity index is 922. The van der Waals surface area contributed by atoms with Gasteiger partial charge in [0.25, 0.3) is 5.91 Å². The van der Waals surface area contributed by atoms with Gasteiger partial charge in [-0.25, -0.2) is 14.9 Å². The van der Waals surface area contributed by atoms with Crippen LogP contribution in [0.1, 0.15) is 36.1 Å². The van der Waals surface area contributed by atoms with Crippen molar-refractivity contribution in [2.24, 2.45) is 5.92 Å². The van der Waals surface area contributed by atoms with Crippen LogP contribution in [0, 0.1) is 12.8 Å². The van der Waals surface area contributed by atoms with Gasteiger partial charge in [-0.05, 0) is 43.0 Å². The van der Waals surface area contributed by atoms with Crippen LogP contribution in [0.5, 0.6) is 0 Å². The standard InChI is InChI=1S/C23H25N3O2/c1-3-16-7-11-18(12-8-16)26-22(27)19-20(17-9-5-15(2)6-10-17)24-13-4-14-25(24)21(19)23(26)28/h5-12,19-21H,3-4,13-14H2,1-2H3. The molecule has 2 amide bonds. The van der Waals surface area contributed by atoms with E-state index in [0.29, 0.717) is 5.69 Å². The zero-order valence-electron chi connectivity index (χ0n) is 16.3. The first kappa shape index (κ1) is 17.6. The van der Waals surface area contributed by atoms with E-state index >= 15 is 0 Å². The average molecular weight is 375 g/mol. The number of rotatable bonds is 3. The molecule has 0 saturated carbocycles. The molecule has 3 aliphatic rings. The van der Waals surface area contributed by atoms with Gasteiger partial charge in [-0.1, -0.05) is 48.9 Å². The van der Waals surface area contributed by atoms with Crippen LogP contribution in [0.4, 0.5) is 5.69 Å². The highest BCUT2D eigenvalue weighted by atomic mass is 16.2. The molecule has 28 heavy (non-hydrogen) atoms. The first-order chi connectivity index (χ1) is 13.6. The molecule has 5 heteroatoms. The van der Waals surface area contributed by atoms with Gasteiger partial charge in [0.2, 0.25) is 5.91 Å². The van der Waals surface area contributed by atoms with Gasteiger partial charge in [0.15, 0.2) is 0 Å². The first-order valence-corrected chi connectivity index (χ1v) is 10.2. The number of hydrazine groups is 1. The molecule has 0 aromatic heterocycles. The normalized spacial score (nSPS) is 27.5. The van der Waals surface area contributed by atoms with E-state index in [4.69, 9.17) is 0 Å². The summed E-state index contributed by atoms with van der Waals surface area (Å²) in [7, 11) is 0. The Kier molecular flexibility index (Phi) is 4.11. The van der Waals surface area contributed by atoms with Gasteiger partial charge < -0.3 is 0 Å². The lowest BCUT2D eigenvalue weighted by Crippen LogP contribution is -2.44. The monoisotopic (exact) mass is 375 g/mol. The van der Waals surface area contributed by atoms with Gasteiger partial charge in [-0.15, -0.1) is 0 Å². The van der Waals surface area contributed by atoms with E-state index in [1.165, 1.54) is 16.0 Å². The molecule has 3 heterocycles. The maximum atomic E-state index is 13.5. The van der Waals surface area contributed by atoms with E-state index < -0.39 is 0 Å². The van der Waals surface area contributed by atoms with Crippen molar-refractivity contribution in [1.82, 2.24) is 10.0 Å². The van der Waals surface area contributed by atoms with Gasteiger partial charge in [0.05, 0.1) is 17.6 Å². The van der Waals surface area contributed by atoms with E-state index in [1.807, 2.05) is 24.3 Å². The highest BCUT2D eigenvalue weighted by Gasteiger charge is 2.62. The fourth-order valence-electron chi connectivity index (χ4n) is 5.01. The van der Waals surface area contributed by atoms with Crippen LogP contribution >= 0.6 is 0 Å². The molecule has 3 atom stereocenters. The molecule has 0 bridgehead atoms. The Balaban J connectivity index is 1.55. The molecule has 0 aliphatic carbocycles. The number of hydrogen-bond acceptors (Lipinski definition) is 4. The zero-order valence-corrected chi connectivity index (χ0v) is 16.3. The summed E-state index contributed by atoms with van der Waals surface area (Å²) in [4.78, 5) is 28.3. The molecule has 144 valence electrons. The van der Waals surface area contributed by atoms with Gasteiger partial charge in [-0.3, -0.25) is 9.59 Å². The van der Waals surface area contributed by atoms with Gasteiger partial charge in [0, 0.05) is 13.1 Å². The number of carbonyl (C=O) groups excluding carboxylic acids is 2. The number of imide groups is 1. The molecule has 2 aromatic carbocycles. The van der Waals surface area contributed by atoms with E-state index in [9.17, 15) is 9.59 Å². The highest BCUT2D eigenvalue weighted by molar-refractivity contribution is 6.24. The molecule has 3 fully saturated rings. The molecular formula is C23H25N3O2. The lowest BCUT2D eigenvalue weighted by Gasteiger charge is -2.29. The number of anilines is 1. The van der Waals surface area contributed by atoms with Crippen molar-refractivity contribution in [3.05, 3.63) is 65.2 Å². The zero-order chi connectivity index (χ0) is 19.4. The second-order valence-electron chi connectivity index (χ2n) is 8.04. The fraction of sp³-hybridized carbons (Fsp3) is 0.391. The van der Waals surface area contributed by atoms with Crippen molar-refractivity contribution in [3.8, 4) is 0 Å². The van der Waals surface area contributed by atoms with Crippen LogP contribution in [0.15, 0.2) is 48.5 Å². The predicted octanol–water partition coefficient (Wildman–Crippen LogP) is 3.09. The third-order valence-electron chi connectivity index (χ3n) is 6.43. The van der Waals surface area contributed by atoms with Crippen LogP contribution in [-0.2, 0) is 16.0 Å². The van der Waals surface area contributed by atoms with E-state index in [1.54, 1.807) is 0 Å². The Hall–Kier alpha value is -2.50. The van der Waals surface area contributed by atoms with Gasteiger partial charge in [0.1, 0.15) is 6.04 Å². The van der Waals surface area contributed by atoms with Crippen LogP contribution in [0.3, 0.4) is 0 Å². The topological polar surface area (TPSA) is 43.9 Å². The van der Waals surface area contributed by atoms with Gasteiger partial charge in [-0.2, -0.15) is 0 Å². The average Bonchev–Trinajstić information content (AvgIpc) is 3.35. The predicted molar refractivity (Wildman–Crippen MR) is 108 cm³/mol. The summed E-state index contributed by atoms with van der Waals surface area (Å²) in [5.41, 5.74) is 4.21. The van der Waals surface area contributed by atoms with Crippen molar-refractivity contribution >= 4 is 17.5 Å². The third kappa shape index (κ3) is 2.46. The summed E-state index contributed by atoms with van der Waals surface area (Å²) >= 11 is 0. The summed E-state index contributed by atoms with van der Waals surface area (Å²) in [6.07, 6.45) is 1.96. The maximum absolute atomic E-state index is 13.5. The van der Waals surface area contributed by atoms with Crippen LogP contribution in [0.2, 0.25) is 0 Å². The van der Waals surface area contributed by atoms with E-state index in [-0.39, 0.29) is 29.8 Å². The second kappa shape index (κ2) is 6.54. The number of benzene rings is 2. The number of nitrogens with zero attached hydrogens (tertiary/aromatic N) is 3. The minimum atomic E-state index is -0.382. The molecule has 5 nitrogen and oxygen atoms in total. The van der Waals surface area contributed by atoms with Crippen LogP contribution in [0.25, 0.3) is 0 Å². The Labute approximate surface area is 165 Å². The summed E-state index contributed by atoms with van der Waals surface area (Å²) in [5.74, 6) is -0.499. The lowest BCUT2D eigenvalue weighted by atomic mass is 9.89. The molecule has 3 unspecified atom stereocenters. The van der Waals surface area contributed by atoms with Crippen molar-refractivity contribution in [2.75, 3.05) is 18.0 Å². The molecule has 0 radical (unpaired) electrons. The van der Waals surface area contributed by atoms with Crippen molar-refractivity contribution in [1.29, 1.82) is 0 Å². The van der Waals surface area contributed by atoms with E-state index in [2.05, 4.69) is 48.1 Å². The number of hydrogen-bond donors (Lipinski definition) is 0. The SMILES string of the molecule is CCc1ccc(N2C(=O)C3C(C2=O)N2CCCN2C3c2ccc(C)cc2)cc1. The lowest BCUT2D eigenvalue weighted by molar-refractivity contribution is -0.126. The first-order valence-electron chi connectivity index (χ1n) is 10.2. The smallest absolute Gasteiger partial charge is 0.253 e. The van der Waals surface area contributed by atoms with Crippen LogP contribution < -0.4 is 4.90 Å². The Morgan fingerprint density at radius 3 is 2.14 bits per heavy atom. The van der Waals surface area contributed by atoms with E-state index in [0.717, 1.165) is 31.5 Å². The number of amides is 2. The largest absolute Gasteiger partial charge is 0.274 e. The number of aryl methyl sites for hydroxylation is 2. The quantitative estimate of drug-likeness (QED) is 0.774. The summed E-state index contributed by atoms with van der Waals surface area (Å²) in [5, 5.41) is 4.41. The van der Waals surface area contributed by atoms with Crippen molar-refractivity contribution in [2.45, 2.75) is 38.8 Å². The molecule has 3 saturated heterocycles. The van der Waals surface area contributed by atoms with Crippen LogP contribution in [-0.4, -0.2) is 41.0 Å². The molecule has 2 aromatic rings. The molecule has 3 aliphatic heterocycles. The van der Waals surface area contributed by atoms with Crippen molar-refractivity contribution in [3.63, 3.8) is 0 Å². The molecular weight excluding hydrogens is 350 g/mol.